The summed E-state index contributed by atoms with van der Waals surface area (Å²) in [6, 6.07) is 22.3. The fourth-order valence-electron chi connectivity index (χ4n) is 3.42. The Balaban J connectivity index is 1.86. The molecule has 0 radical (unpaired) electrons. The van der Waals surface area contributed by atoms with E-state index < -0.39 is 0 Å². The number of carbonyl (C=O) groups excluding carboxylic acids is 1. The number of aryl methyl sites for hydroxylation is 1. The molecule has 0 atom stereocenters. The molecule has 0 bridgehead atoms. The number of rotatable bonds is 6. The smallest absolute Gasteiger partial charge is 0.269 e. The molecule has 4 aromatic rings. The molecule has 0 saturated heterocycles. The summed E-state index contributed by atoms with van der Waals surface area (Å²) in [7, 11) is 1.53. The van der Waals surface area contributed by atoms with E-state index in [4.69, 9.17) is 16.3 Å². The molecule has 0 aliphatic rings. The third kappa shape index (κ3) is 5.33. The number of hydrogen-bond acceptors (Lipinski definition) is 4. The molecule has 33 heavy (non-hydrogen) atoms. The van der Waals surface area contributed by atoms with Crippen LogP contribution in [0.15, 0.2) is 77.6 Å². The number of carbonyl (C=O) groups is 1. The Morgan fingerprint density at radius 1 is 1.03 bits per heavy atom. The molecule has 1 aromatic heterocycles. The van der Waals surface area contributed by atoms with Crippen LogP contribution in [0.2, 0.25) is 5.02 Å². The van der Waals surface area contributed by atoms with Gasteiger partial charge in [-0.2, -0.15) is 0 Å². The largest absolute Gasteiger partial charge is 0.496 e. The lowest BCUT2D eigenvalue weighted by molar-refractivity contribution is 0.105. The first kappa shape index (κ1) is 22.8. The second-order valence-corrected chi connectivity index (χ2v) is 9.08. The number of para-hydroxylation sites is 1. The average Bonchev–Trinajstić information content (AvgIpc) is 3.10. The van der Waals surface area contributed by atoms with Gasteiger partial charge in [-0.3, -0.25) is 14.2 Å². The number of halogens is 1. The van der Waals surface area contributed by atoms with Crippen molar-refractivity contribution in [3.05, 3.63) is 120 Å². The van der Waals surface area contributed by atoms with Crippen LogP contribution in [0.4, 0.5) is 0 Å². The number of Topliss-reactive ketones (excluding diaryl/α,β-unsaturated/α-hetero) is 1. The maximum atomic E-state index is 13.3. The molecule has 0 aliphatic carbocycles. The van der Waals surface area contributed by atoms with Crippen LogP contribution >= 0.6 is 22.9 Å². The van der Waals surface area contributed by atoms with Gasteiger partial charge in [0, 0.05) is 11.1 Å². The van der Waals surface area contributed by atoms with Crippen molar-refractivity contribution in [2.24, 2.45) is 0 Å². The summed E-state index contributed by atoms with van der Waals surface area (Å²) in [5.41, 5.74) is 3.30. The van der Waals surface area contributed by atoms with Gasteiger partial charge in [-0.25, -0.2) is 0 Å². The number of nitrogens with zero attached hydrogens (tertiary/aromatic N) is 1. The van der Waals surface area contributed by atoms with E-state index in [9.17, 15) is 9.59 Å². The number of ether oxygens (including phenoxy) is 1. The van der Waals surface area contributed by atoms with Gasteiger partial charge in [-0.1, -0.05) is 65.7 Å². The number of aromatic nitrogens is 1. The Labute approximate surface area is 200 Å². The van der Waals surface area contributed by atoms with Crippen molar-refractivity contribution in [3.63, 3.8) is 0 Å². The molecule has 1 heterocycles. The van der Waals surface area contributed by atoms with Crippen molar-refractivity contribution >= 4 is 40.9 Å². The highest BCUT2D eigenvalue weighted by Crippen LogP contribution is 2.18. The zero-order valence-corrected chi connectivity index (χ0v) is 19.8. The quantitative estimate of drug-likeness (QED) is 0.388. The first-order valence-electron chi connectivity index (χ1n) is 10.4. The molecule has 166 valence electrons. The van der Waals surface area contributed by atoms with Crippen LogP contribution in [0, 0.1) is 6.92 Å². The summed E-state index contributed by atoms with van der Waals surface area (Å²) in [5.74, 6) is 0.272. The summed E-state index contributed by atoms with van der Waals surface area (Å²) in [6.07, 6.45) is 3.36. The highest BCUT2D eigenvalue weighted by molar-refractivity contribution is 7.07. The Morgan fingerprint density at radius 3 is 2.42 bits per heavy atom. The van der Waals surface area contributed by atoms with E-state index in [0.29, 0.717) is 32.1 Å². The second kappa shape index (κ2) is 10.0. The molecule has 4 nitrogen and oxygen atoms in total. The molecule has 4 rings (SSSR count). The van der Waals surface area contributed by atoms with Crippen molar-refractivity contribution in [1.29, 1.82) is 0 Å². The van der Waals surface area contributed by atoms with Gasteiger partial charge in [-0.05, 0) is 48.4 Å². The van der Waals surface area contributed by atoms with Crippen molar-refractivity contribution in [1.82, 2.24) is 4.57 Å². The molecular weight excluding hydrogens is 454 g/mol. The molecule has 0 amide bonds. The molecule has 0 spiro atoms. The summed E-state index contributed by atoms with van der Waals surface area (Å²) < 4.78 is 8.10. The lowest BCUT2D eigenvalue weighted by Crippen LogP contribution is -2.32. The third-order valence-electron chi connectivity index (χ3n) is 5.19. The number of benzene rings is 3. The fourth-order valence-corrected chi connectivity index (χ4v) is 4.58. The first-order chi connectivity index (χ1) is 15.9. The summed E-state index contributed by atoms with van der Waals surface area (Å²) in [5, 5.41) is 0.628. The molecule has 3 aromatic carbocycles. The van der Waals surface area contributed by atoms with E-state index in [0.717, 1.165) is 16.7 Å². The van der Waals surface area contributed by atoms with E-state index >= 15 is 0 Å². The molecule has 0 fully saturated rings. The SMILES string of the molecule is COc1ccccc1C(=O)C=c1sc(=Cc2ccc(C)cc2)c(=O)n1Cc1ccc(Cl)cc1. The first-order valence-corrected chi connectivity index (χ1v) is 11.6. The monoisotopic (exact) mass is 475 g/mol. The minimum absolute atomic E-state index is 0.144. The van der Waals surface area contributed by atoms with Crippen LogP contribution in [0.1, 0.15) is 27.0 Å². The predicted octanol–water partition coefficient (Wildman–Crippen LogP) is 4.42. The minimum Gasteiger partial charge on any atom is -0.496 e. The maximum absolute atomic E-state index is 13.3. The summed E-state index contributed by atoms with van der Waals surface area (Å²) in [6.45, 7) is 2.35. The summed E-state index contributed by atoms with van der Waals surface area (Å²) >= 11 is 7.31. The molecule has 0 aliphatic heterocycles. The van der Waals surface area contributed by atoms with Crippen molar-refractivity contribution in [2.75, 3.05) is 7.11 Å². The van der Waals surface area contributed by atoms with E-state index in [1.54, 1.807) is 34.9 Å². The van der Waals surface area contributed by atoms with Crippen LogP contribution < -0.4 is 19.5 Å². The predicted molar refractivity (Wildman–Crippen MR) is 135 cm³/mol. The highest BCUT2D eigenvalue weighted by atomic mass is 35.5. The van der Waals surface area contributed by atoms with E-state index in [1.807, 2.05) is 55.5 Å². The maximum Gasteiger partial charge on any atom is 0.269 e. The standard InChI is InChI=1S/C27H22ClNO3S/c1-18-7-9-19(10-8-18)15-25-27(31)29(17-20-11-13-21(28)14-12-20)26(33-25)16-23(30)22-5-3-4-6-24(22)32-2/h3-16H,17H2,1-2H3. The average molecular weight is 476 g/mol. The molecule has 6 heteroatoms. The van der Waals surface area contributed by atoms with Crippen LogP contribution in [0.5, 0.6) is 5.75 Å². The highest BCUT2D eigenvalue weighted by Gasteiger charge is 2.12. The van der Waals surface area contributed by atoms with Gasteiger partial charge in [0.2, 0.25) is 0 Å². The molecular formula is C27H22ClNO3S. The lowest BCUT2D eigenvalue weighted by Gasteiger charge is -2.05. The van der Waals surface area contributed by atoms with Crippen molar-refractivity contribution in [3.8, 4) is 5.75 Å². The van der Waals surface area contributed by atoms with Crippen LogP contribution in [0.3, 0.4) is 0 Å². The number of thiazole rings is 1. The van der Waals surface area contributed by atoms with Crippen LogP contribution in [-0.2, 0) is 6.54 Å². The molecule has 0 unspecified atom stereocenters. The van der Waals surface area contributed by atoms with Gasteiger partial charge in [0.15, 0.2) is 5.78 Å². The van der Waals surface area contributed by atoms with E-state index in [2.05, 4.69) is 0 Å². The van der Waals surface area contributed by atoms with Gasteiger partial charge in [0.25, 0.3) is 5.56 Å². The second-order valence-electron chi connectivity index (χ2n) is 7.59. The normalized spacial score (nSPS) is 12.2. The van der Waals surface area contributed by atoms with Gasteiger partial charge in [-0.15, -0.1) is 11.3 Å². The van der Waals surface area contributed by atoms with Crippen molar-refractivity contribution < 1.29 is 9.53 Å². The van der Waals surface area contributed by atoms with Crippen molar-refractivity contribution in [2.45, 2.75) is 13.5 Å². The third-order valence-corrected chi connectivity index (χ3v) is 6.50. The van der Waals surface area contributed by atoms with Crippen LogP contribution in [0.25, 0.3) is 12.2 Å². The Bertz CT molecular complexity index is 1470. The zero-order chi connectivity index (χ0) is 23.4. The lowest BCUT2D eigenvalue weighted by atomic mass is 10.1. The Hall–Kier alpha value is -3.41. The molecule has 0 saturated carbocycles. The van der Waals surface area contributed by atoms with Gasteiger partial charge in [0.1, 0.15) is 10.4 Å². The van der Waals surface area contributed by atoms with E-state index in [-0.39, 0.29) is 11.3 Å². The topological polar surface area (TPSA) is 48.3 Å². The number of hydrogen-bond donors (Lipinski definition) is 0. The minimum atomic E-state index is -0.222. The van der Waals surface area contributed by atoms with E-state index in [1.165, 1.54) is 24.5 Å². The fraction of sp³-hybridized carbons (Fsp3) is 0.111. The van der Waals surface area contributed by atoms with Gasteiger partial charge < -0.3 is 4.74 Å². The Morgan fingerprint density at radius 2 is 1.73 bits per heavy atom. The van der Waals surface area contributed by atoms with Gasteiger partial charge in [0.05, 0.1) is 23.8 Å². The zero-order valence-electron chi connectivity index (χ0n) is 18.2. The number of methoxy groups -OCH3 is 1. The van der Waals surface area contributed by atoms with Gasteiger partial charge >= 0.3 is 0 Å². The molecule has 0 N–H and O–H groups in total. The van der Waals surface area contributed by atoms with Crippen LogP contribution in [-0.4, -0.2) is 17.5 Å². The Kier molecular flexibility index (Phi) is 6.92. The summed E-state index contributed by atoms with van der Waals surface area (Å²) in [4.78, 5) is 26.4. The number of ketones is 1.